The molecule has 0 radical (unpaired) electrons. The fraction of sp³-hybridized carbons (Fsp3) is 0.308. The number of aryl methyl sites for hydroxylation is 1. The van der Waals surface area contributed by atoms with E-state index in [4.69, 9.17) is 9.47 Å². The summed E-state index contributed by atoms with van der Waals surface area (Å²) in [6.45, 7) is 5.70. The first-order valence-corrected chi connectivity index (χ1v) is 12.9. The molecule has 1 aromatic heterocycles. The van der Waals surface area contributed by atoms with Crippen molar-refractivity contribution >= 4 is 39.1 Å². The lowest BCUT2D eigenvalue weighted by molar-refractivity contribution is -0.133. The Bertz CT molecular complexity index is 1180. The van der Waals surface area contributed by atoms with Gasteiger partial charge >= 0.3 is 0 Å². The molecular formula is C26H27BrN2O4S. The molecule has 0 unspecified atom stereocenters. The first-order chi connectivity index (χ1) is 16.4. The third-order valence-electron chi connectivity index (χ3n) is 5.64. The Hall–Kier alpha value is -2.84. The molecule has 34 heavy (non-hydrogen) atoms. The minimum Gasteiger partial charge on any atom is -0.454 e. The van der Waals surface area contributed by atoms with Crippen LogP contribution < -0.4 is 9.47 Å². The van der Waals surface area contributed by atoms with Crippen LogP contribution >= 0.6 is 27.3 Å². The number of hydrogen-bond donors (Lipinski definition) is 0. The van der Waals surface area contributed by atoms with E-state index >= 15 is 0 Å². The molecule has 0 atom stereocenters. The van der Waals surface area contributed by atoms with Gasteiger partial charge in [0.15, 0.2) is 11.5 Å². The van der Waals surface area contributed by atoms with E-state index in [0.717, 1.165) is 26.9 Å². The van der Waals surface area contributed by atoms with Gasteiger partial charge in [0, 0.05) is 28.0 Å². The van der Waals surface area contributed by atoms with Crippen molar-refractivity contribution in [3.05, 3.63) is 80.0 Å². The molecule has 0 saturated carbocycles. The maximum Gasteiger partial charge on any atom is 0.254 e. The van der Waals surface area contributed by atoms with Gasteiger partial charge in [-0.3, -0.25) is 9.59 Å². The fourth-order valence-electron chi connectivity index (χ4n) is 3.82. The highest BCUT2D eigenvalue weighted by molar-refractivity contribution is 9.10. The largest absolute Gasteiger partial charge is 0.454 e. The van der Waals surface area contributed by atoms with E-state index in [1.807, 2.05) is 47.5 Å². The predicted molar refractivity (Wildman–Crippen MR) is 136 cm³/mol. The number of carbonyl (C=O) groups is 2. The smallest absolute Gasteiger partial charge is 0.254 e. The highest BCUT2D eigenvalue weighted by atomic mass is 79.9. The van der Waals surface area contributed by atoms with Crippen LogP contribution in [0.5, 0.6) is 11.5 Å². The molecule has 2 aromatic carbocycles. The van der Waals surface area contributed by atoms with E-state index in [0.29, 0.717) is 36.7 Å². The zero-order valence-corrected chi connectivity index (χ0v) is 21.7. The summed E-state index contributed by atoms with van der Waals surface area (Å²) in [4.78, 5) is 31.4. The molecule has 1 aliphatic heterocycles. The first kappa shape index (κ1) is 24.3. The summed E-state index contributed by atoms with van der Waals surface area (Å²) in [5.74, 6) is 1.16. The zero-order valence-electron chi connectivity index (χ0n) is 19.3. The van der Waals surface area contributed by atoms with Gasteiger partial charge < -0.3 is 19.3 Å². The SMILES string of the molecule is CCCN(CC(=O)N(Cc1ccc2c(c1)OCO2)Cc1sccc1C)C(=O)c1cccc(Br)c1. The summed E-state index contributed by atoms with van der Waals surface area (Å²) in [6.07, 6.45) is 0.763. The van der Waals surface area contributed by atoms with E-state index in [2.05, 4.69) is 28.9 Å². The summed E-state index contributed by atoms with van der Waals surface area (Å²) in [7, 11) is 0. The Balaban J connectivity index is 1.55. The summed E-state index contributed by atoms with van der Waals surface area (Å²) < 4.78 is 11.8. The average Bonchev–Trinajstić information content (AvgIpc) is 3.46. The number of hydrogen-bond acceptors (Lipinski definition) is 5. The number of fused-ring (bicyclic) bond motifs is 1. The van der Waals surface area contributed by atoms with Crippen LogP contribution in [0.15, 0.2) is 58.4 Å². The van der Waals surface area contributed by atoms with Gasteiger partial charge in [-0.25, -0.2) is 0 Å². The Labute approximate surface area is 212 Å². The van der Waals surface area contributed by atoms with Gasteiger partial charge in [0.25, 0.3) is 5.91 Å². The number of rotatable bonds is 9. The second-order valence-electron chi connectivity index (χ2n) is 8.20. The molecular weight excluding hydrogens is 516 g/mol. The summed E-state index contributed by atoms with van der Waals surface area (Å²) in [5, 5.41) is 2.04. The molecule has 0 aliphatic carbocycles. The number of amides is 2. The predicted octanol–water partition coefficient (Wildman–Crippen LogP) is 5.63. The van der Waals surface area contributed by atoms with Crippen molar-refractivity contribution in [2.75, 3.05) is 19.9 Å². The topological polar surface area (TPSA) is 59.1 Å². The normalized spacial score (nSPS) is 12.0. The molecule has 2 heterocycles. The third-order valence-corrected chi connectivity index (χ3v) is 7.15. The maximum atomic E-state index is 13.6. The van der Waals surface area contributed by atoms with Crippen molar-refractivity contribution in [2.24, 2.45) is 0 Å². The lowest BCUT2D eigenvalue weighted by Crippen LogP contribution is -2.42. The van der Waals surface area contributed by atoms with Gasteiger partial charge in [0.05, 0.1) is 6.54 Å². The molecule has 6 nitrogen and oxygen atoms in total. The minimum absolute atomic E-state index is 0.0220. The van der Waals surface area contributed by atoms with Crippen LogP contribution in [0, 0.1) is 6.92 Å². The lowest BCUT2D eigenvalue weighted by atomic mass is 10.1. The Morgan fingerprint density at radius 1 is 1.03 bits per heavy atom. The third kappa shape index (κ3) is 5.80. The maximum absolute atomic E-state index is 13.6. The van der Waals surface area contributed by atoms with E-state index in [1.54, 1.807) is 28.4 Å². The number of nitrogens with zero attached hydrogens (tertiary/aromatic N) is 2. The van der Waals surface area contributed by atoms with Crippen LogP contribution in [0.1, 0.15) is 39.7 Å². The Morgan fingerprint density at radius 3 is 2.59 bits per heavy atom. The van der Waals surface area contributed by atoms with Gasteiger partial charge in [-0.2, -0.15) is 0 Å². The van der Waals surface area contributed by atoms with Crippen LogP contribution in [-0.2, 0) is 17.9 Å². The van der Waals surface area contributed by atoms with E-state index in [-0.39, 0.29) is 25.2 Å². The van der Waals surface area contributed by atoms with E-state index in [9.17, 15) is 9.59 Å². The van der Waals surface area contributed by atoms with Crippen molar-refractivity contribution in [2.45, 2.75) is 33.4 Å². The molecule has 2 amide bonds. The fourth-order valence-corrected chi connectivity index (χ4v) is 5.14. The Morgan fingerprint density at radius 2 is 1.85 bits per heavy atom. The molecule has 178 valence electrons. The number of ether oxygens (including phenoxy) is 2. The molecule has 8 heteroatoms. The van der Waals surface area contributed by atoms with Crippen molar-refractivity contribution in [3.8, 4) is 11.5 Å². The molecule has 0 saturated heterocycles. The van der Waals surface area contributed by atoms with Gasteiger partial charge in [0.1, 0.15) is 6.54 Å². The number of benzene rings is 2. The Kier molecular flexibility index (Phi) is 7.90. The standard InChI is InChI=1S/C26H27BrN2O4S/c1-3-10-28(26(31)20-5-4-6-21(27)13-20)16-25(30)29(15-24-18(2)9-11-34-24)14-19-7-8-22-23(12-19)33-17-32-22/h4-9,11-13H,3,10,14-17H2,1-2H3. The number of thiophene rings is 1. The van der Waals surface area contributed by atoms with Crippen LogP contribution in [0.25, 0.3) is 0 Å². The quantitative estimate of drug-likeness (QED) is 0.351. The monoisotopic (exact) mass is 542 g/mol. The zero-order chi connectivity index (χ0) is 24.1. The van der Waals surface area contributed by atoms with Crippen LogP contribution in [-0.4, -0.2) is 41.5 Å². The number of halogens is 1. The second-order valence-corrected chi connectivity index (χ2v) is 10.1. The molecule has 3 aromatic rings. The summed E-state index contributed by atoms with van der Waals surface area (Å²) >= 11 is 5.06. The van der Waals surface area contributed by atoms with Crippen molar-refractivity contribution in [3.63, 3.8) is 0 Å². The average molecular weight is 543 g/mol. The second kappa shape index (κ2) is 11.1. The minimum atomic E-state index is -0.146. The molecule has 4 rings (SSSR count). The highest BCUT2D eigenvalue weighted by Gasteiger charge is 2.24. The van der Waals surface area contributed by atoms with Crippen LogP contribution in [0.3, 0.4) is 0 Å². The van der Waals surface area contributed by atoms with Gasteiger partial charge in [-0.15, -0.1) is 11.3 Å². The summed E-state index contributed by atoms with van der Waals surface area (Å²) in [5.41, 5.74) is 2.67. The molecule has 0 bridgehead atoms. The molecule has 0 N–H and O–H groups in total. The van der Waals surface area contributed by atoms with E-state index < -0.39 is 0 Å². The van der Waals surface area contributed by atoms with Gasteiger partial charge in [-0.1, -0.05) is 35.0 Å². The van der Waals surface area contributed by atoms with Crippen molar-refractivity contribution in [1.82, 2.24) is 9.80 Å². The summed E-state index contributed by atoms with van der Waals surface area (Å²) in [6, 6.07) is 15.1. The van der Waals surface area contributed by atoms with Crippen LogP contribution in [0.4, 0.5) is 0 Å². The van der Waals surface area contributed by atoms with Crippen molar-refractivity contribution < 1.29 is 19.1 Å². The van der Waals surface area contributed by atoms with Gasteiger partial charge in [0.2, 0.25) is 12.7 Å². The van der Waals surface area contributed by atoms with Gasteiger partial charge in [-0.05, 0) is 66.2 Å². The number of carbonyl (C=O) groups excluding carboxylic acids is 2. The molecule has 1 aliphatic rings. The first-order valence-electron chi connectivity index (χ1n) is 11.2. The molecule has 0 spiro atoms. The highest BCUT2D eigenvalue weighted by Crippen LogP contribution is 2.33. The van der Waals surface area contributed by atoms with Crippen LogP contribution in [0.2, 0.25) is 0 Å². The lowest BCUT2D eigenvalue weighted by Gasteiger charge is -2.28. The van der Waals surface area contributed by atoms with Crippen molar-refractivity contribution in [1.29, 1.82) is 0 Å². The van der Waals surface area contributed by atoms with E-state index in [1.165, 1.54) is 0 Å². The molecule has 0 fully saturated rings.